The Morgan fingerprint density at radius 3 is 2.76 bits per heavy atom. The summed E-state index contributed by atoms with van der Waals surface area (Å²) in [6, 6.07) is 12.1. The van der Waals surface area contributed by atoms with Crippen LogP contribution in [-0.2, 0) is 0 Å². The Kier molecular flexibility index (Phi) is 4.82. The lowest BCUT2D eigenvalue weighted by Crippen LogP contribution is -2.12. The van der Waals surface area contributed by atoms with Crippen LogP contribution in [0.3, 0.4) is 0 Å². The summed E-state index contributed by atoms with van der Waals surface area (Å²) in [6.07, 6.45) is 0.910. The van der Waals surface area contributed by atoms with Gasteiger partial charge in [-0.1, -0.05) is 19.1 Å². The molecule has 0 aromatic heterocycles. The largest absolute Gasteiger partial charge is 0.506 e. The molecule has 2 rings (SSSR count). The van der Waals surface area contributed by atoms with Gasteiger partial charge in [-0.05, 0) is 49.2 Å². The summed E-state index contributed by atoms with van der Waals surface area (Å²) in [5.41, 5.74) is 1.81. The van der Waals surface area contributed by atoms with Crippen LogP contribution < -0.4 is 10.1 Å². The zero-order valence-corrected chi connectivity index (χ0v) is 12.2. The first-order valence-electron chi connectivity index (χ1n) is 6.94. The number of ether oxygens (including phenoxy) is 1. The summed E-state index contributed by atoms with van der Waals surface area (Å²) in [4.78, 5) is 12.2. The minimum atomic E-state index is -0.281. The maximum absolute atomic E-state index is 12.2. The van der Waals surface area contributed by atoms with Crippen molar-refractivity contribution in [3.8, 4) is 11.5 Å². The molecule has 0 aliphatic carbocycles. The normalized spacial score (nSPS) is 10.2. The molecule has 4 nitrogen and oxygen atoms in total. The van der Waals surface area contributed by atoms with E-state index in [-0.39, 0.29) is 11.7 Å². The van der Waals surface area contributed by atoms with Gasteiger partial charge in [0.15, 0.2) is 0 Å². The summed E-state index contributed by atoms with van der Waals surface area (Å²) < 4.78 is 5.51. The Balaban J connectivity index is 2.12. The van der Waals surface area contributed by atoms with E-state index in [9.17, 15) is 9.90 Å². The molecule has 1 amide bonds. The highest BCUT2D eigenvalue weighted by atomic mass is 16.5. The van der Waals surface area contributed by atoms with Gasteiger partial charge in [0.05, 0.1) is 12.3 Å². The van der Waals surface area contributed by atoms with Gasteiger partial charge in [0.25, 0.3) is 5.91 Å². The minimum Gasteiger partial charge on any atom is -0.506 e. The van der Waals surface area contributed by atoms with Crippen LogP contribution >= 0.6 is 0 Å². The zero-order chi connectivity index (χ0) is 15.2. The van der Waals surface area contributed by atoms with Crippen molar-refractivity contribution in [3.05, 3.63) is 53.6 Å². The van der Waals surface area contributed by atoms with E-state index in [1.165, 1.54) is 0 Å². The molecule has 0 atom stereocenters. The molecule has 4 heteroatoms. The number of aromatic hydroxyl groups is 1. The number of carbonyl (C=O) groups is 1. The fraction of sp³-hybridized carbons (Fsp3) is 0.235. The van der Waals surface area contributed by atoms with E-state index in [0.717, 1.165) is 12.0 Å². The van der Waals surface area contributed by atoms with E-state index in [1.54, 1.807) is 30.3 Å². The number of hydrogen-bond donors (Lipinski definition) is 2. The summed E-state index contributed by atoms with van der Waals surface area (Å²) in [5.74, 6) is 0.440. The first-order chi connectivity index (χ1) is 10.1. The van der Waals surface area contributed by atoms with Gasteiger partial charge >= 0.3 is 0 Å². The van der Waals surface area contributed by atoms with Gasteiger partial charge in [-0.25, -0.2) is 0 Å². The van der Waals surface area contributed by atoms with Crippen molar-refractivity contribution < 1.29 is 14.6 Å². The molecule has 0 saturated heterocycles. The van der Waals surface area contributed by atoms with Gasteiger partial charge in [0.2, 0.25) is 0 Å². The number of anilines is 1. The van der Waals surface area contributed by atoms with Crippen LogP contribution in [0.4, 0.5) is 5.69 Å². The molecule has 2 N–H and O–H groups in total. The number of benzene rings is 2. The maximum atomic E-state index is 12.2. The van der Waals surface area contributed by atoms with Crippen molar-refractivity contribution >= 4 is 11.6 Å². The lowest BCUT2D eigenvalue weighted by atomic mass is 10.1. The summed E-state index contributed by atoms with van der Waals surface area (Å²) in [5, 5.41) is 12.5. The van der Waals surface area contributed by atoms with Gasteiger partial charge in [0, 0.05) is 5.56 Å². The van der Waals surface area contributed by atoms with Crippen molar-refractivity contribution in [2.75, 3.05) is 11.9 Å². The van der Waals surface area contributed by atoms with Crippen LogP contribution in [0.15, 0.2) is 42.5 Å². The van der Waals surface area contributed by atoms with Crippen molar-refractivity contribution in [2.24, 2.45) is 0 Å². The molecular weight excluding hydrogens is 266 g/mol. The molecule has 0 radical (unpaired) electrons. The molecule has 0 fully saturated rings. The van der Waals surface area contributed by atoms with Crippen LogP contribution in [0, 0.1) is 6.92 Å². The predicted octanol–water partition coefficient (Wildman–Crippen LogP) is 3.74. The van der Waals surface area contributed by atoms with Crippen molar-refractivity contribution in [1.82, 2.24) is 0 Å². The topological polar surface area (TPSA) is 58.6 Å². The Morgan fingerprint density at radius 1 is 1.24 bits per heavy atom. The molecule has 110 valence electrons. The molecule has 2 aromatic rings. The number of phenols is 1. The summed E-state index contributed by atoms with van der Waals surface area (Å²) >= 11 is 0. The fourth-order valence-corrected chi connectivity index (χ4v) is 1.89. The van der Waals surface area contributed by atoms with E-state index in [1.807, 2.05) is 26.0 Å². The summed E-state index contributed by atoms with van der Waals surface area (Å²) in [7, 11) is 0. The minimum absolute atomic E-state index is 0.0572. The van der Waals surface area contributed by atoms with E-state index in [4.69, 9.17) is 4.74 Å². The molecule has 0 spiro atoms. The molecule has 0 unspecified atom stereocenters. The first-order valence-corrected chi connectivity index (χ1v) is 6.94. The highest BCUT2D eigenvalue weighted by molar-refractivity contribution is 6.05. The number of hydrogen-bond acceptors (Lipinski definition) is 3. The van der Waals surface area contributed by atoms with Crippen LogP contribution in [-0.4, -0.2) is 17.6 Å². The molecule has 0 bridgehead atoms. The molecule has 21 heavy (non-hydrogen) atoms. The van der Waals surface area contributed by atoms with E-state index in [2.05, 4.69) is 5.32 Å². The lowest BCUT2D eigenvalue weighted by Gasteiger charge is -2.09. The molecule has 0 heterocycles. The number of carbonyl (C=O) groups excluding carboxylic acids is 1. The molecule has 2 aromatic carbocycles. The third kappa shape index (κ3) is 3.99. The molecule has 0 aliphatic rings. The van der Waals surface area contributed by atoms with Gasteiger partial charge in [-0.2, -0.15) is 0 Å². The maximum Gasteiger partial charge on any atom is 0.255 e. The second kappa shape index (κ2) is 6.79. The average molecular weight is 285 g/mol. The Hall–Kier alpha value is -2.49. The second-order valence-corrected chi connectivity index (χ2v) is 4.85. The highest BCUT2D eigenvalue weighted by Gasteiger charge is 2.10. The lowest BCUT2D eigenvalue weighted by molar-refractivity contribution is 0.102. The quantitative estimate of drug-likeness (QED) is 0.823. The van der Waals surface area contributed by atoms with Crippen molar-refractivity contribution in [1.29, 1.82) is 0 Å². The SMILES string of the molecule is CCCOc1cccc(C(=O)Nc2ccc(C)cc2O)c1. The van der Waals surface area contributed by atoms with Gasteiger partial charge in [-0.15, -0.1) is 0 Å². The van der Waals surface area contributed by atoms with E-state index >= 15 is 0 Å². The third-order valence-corrected chi connectivity index (χ3v) is 2.97. The van der Waals surface area contributed by atoms with Crippen molar-refractivity contribution in [3.63, 3.8) is 0 Å². The van der Waals surface area contributed by atoms with Crippen LogP contribution in [0.5, 0.6) is 11.5 Å². The smallest absolute Gasteiger partial charge is 0.255 e. The fourth-order valence-electron chi connectivity index (χ4n) is 1.89. The first kappa shape index (κ1) is 14.9. The second-order valence-electron chi connectivity index (χ2n) is 4.85. The third-order valence-electron chi connectivity index (χ3n) is 2.97. The number of phenolic OH excluding ortho intramolecular Hbond substituents is 1. The van der Waals surface area contributed by atoms with Crippen LogP contribution in [0.25, 0.3) is 0 Å². The highest BCUT2D eigenvalue weighted by Crippen LogP contribution is 2.25. The van der Waals surface area contributed by atoms with E-state index < -0.39 is 0 Å². The number of rotatable bonds is 5. The molecule has 0 saturated carbocycles. The van der Waals surface area contributed by atoms with Crippen LogP contribution in [0.2, 0.25) is 0 Å². The molecule has 0 aliphatic heterocycles. The van der Waals surface area contributed by atoms with Gasteiger partial charge < -0.3 is 15.2 Å². The standard InChI is InChI=1S/C17H19NO3/c1-3-9-21-14-6-4-5-13(11-14)17(20)18-15-8-7-12(2)10-16(15)19/h4-8,10-11,19H,3,9H2,1-2H3,(H,18,20). The van der Waals surface area contributed by atoms with Gasteiger partial charge in [-0.3, -0.25) is 4.79 Å². The Morgan fingerprint density at radius 2 is 2.05 bits per heavy atom. The van der Waals surface area contributed by atoms with E-state index in [0.29, 0.717) is 23.6 Å². The Labute approximate surface area is 124 Å². The average Bonchev–Trinajstić information content (AvgIpc) is 2.48. The molecular formula is C17H19NO3. The Bertz CT molecular complexity index is 638. The van der Waals surface area contributed by atoms with Gasteiger partial charge in [0.1, 0.15) is 11.5 Å². The summed E-state index contributed by atoms with van der Waals surface area (Å²) in [6.45, 7) is 4.51. The number of aryl methyl sites for hydroxylation is 1. The monoisotopic (exact) mass is 285 g/mol. The van der Waals surface area contributed by atoms with Crippen LogP contribution in [0.1, 0.15) is 29.3 Å². The predicted molar refractivity (Wildman–Crippen MR) is 83.0 cm³/mol. The number of nitrogens with one attached hydrogen (secondary N) is 1. The zero-order valence-electron chi connectivity index (χ0n) is 12.2. The number of amides is 1. The van der Waals surface area contributed by atoms with Crippen molar-refractivity contribution in [2.45, 2.75) is 20.3 Å².